The summed E-state index contributed by atoms with van der Waals surface area (Å²) in [6.07, 6.45) is 2.06. The molecule has 0 bridgehead atoms. The lowest BCUT2D eigenvalue weighted by Crippen LogP contribution is -2.36. The Morgan fingerprint density at radius 2 is 2.26 bits per heavy atom. The number of benzene rings is 1. The summed E-state index contributed by atoms with van der Waals surface area (Å²) in [4.78, 5) is 11.8. The zero-order valence-corrected chi connectivity index (χ0v) is 11.3. The van der Waals surface area contributed by atoms with Crippen molar-refractivity contribution in [3.05, 3.63) is 35.4 Å². The molecule has 4 nitrogen and oxygen atoms in total. The largest absolute Gasteiger partial charge is 0.390 e. The van der Waals surface area contributed by atoms with Crippen LogP contribution in [0.2, 0.25) is 0 Å². The molecule has 2 rings (SSSR count). The topological polar surface area (TPSA) is 58.6 Å². The molecule has 1 aliphatic rings. The Kier molecular flexibility index (Phi) is 4.93. The molecular weight excluding hydrogens is 242 g/mol. The first-order chi connectivity index (χ1) is 9.22. The molecule has 2 N–H and O–H groups in total. The number of hydrogen-bond donors (Lipinski definition) is 2. The van der Waals surface area contributed by atoms with Gasteiger partial charge in [0, 0.05) is 13.0 Å². The van der Waals surface area contributed by atoms with Gasteiger partial charge in [0.15, 0.2) is 0 Å². The van der Waals surface area contributed by atoms with Crippen LogP contribution in [0.15, 0.2) is 24.3 Å². The van der Waals surface area contributed by atoms with Crippen LogP contribution in [0, 0.1) is 0 Å². The molecule has 0 saturated heterocycles. The van der Waals surface area contributed by atoms with E-state index in [4.69, 9.17) is 4.74 Å². The van der Waals surface area contributed by atoms with Crippen molar-refractivity contribution < 1.29 is 14.6 Å². The van der Waals surface area contributed by atoms with Crippen molar-refractivity contribution in [3.63, 3.8) is 0 Å². The molecule has 1 aromatic carbocycles. The molecular formula is C15H21NO3. The van der Waals surface area contributed by atoms with E-state index in [9.17, 15) is 9.90 Å². The van der Waals surface area contributed by atoms with Gasteiger partial charge in [0.25, 0.3) is 0 Å². The van der Waals surface area contributed by atoms with Gasteiger partial charge in [-0.1, -0.05) is 37.6 Å². The molecule has 0 aromatic heterocycles. The summed E-state index contributed by atoms with van der Waals surface area (Å²) in [6.45, 7) is 2.74. The number of rotatable bonds is 6. The maximum atomic E-state index is 11.8. The maximum absolute atomic E-state index is 11.8. The fraction of sp³-hybridized carbons (Fsp3) is 0.533. The third-order valence-electron chi connectivity index (χ3n) is 3.40. The molecule has 0 heterocycles. The Morgan fingerprint density at radius 1 is 1.47 bits per heavy atom. The minimum atomic E-state index is -0.544. The molecule has 4 heteroatoms. The van der Waals surface area contributed by atoms with Crippen molar-refractivity contribution in [2.45, 2.75) is 38.3 Å². The molecule has 0 spiro atoms. The van der Waals surface area contributed by atoms with Crippen LogP contribution in [0.5, 0.6) is 0 Å². The maximum Gasteiger partial charge on any atom is 0.246 e. The Bertz CT molecular complexity index is 433. The lowest BCUT2D eigenvalue weighted by Gasteiger charge is -2.17. The van der Waals surface area contributed by atoms with Crippen LogP contribution in [0.3, 0.4) is 0 Å². The van der Waals surface area contributed by atoms with Gasteiger partial charge >= 0.3 is 0 Å². The normalized spacial score (nSPS) is 21.2. The highest BCUT2D eigenvalue weighted by molar-refractivity contribution is 5.78. The van der Waals surface area contributed by atoms with E-state index in [0.717, 1.165) is 24.0 Å². The van der Waals surface area contributed by atoms with E-state index in [1.807, 2.05) is 24.3 Å². The van der Waals surface area contributed by atoms with E-state index in [2.05, 4.69) is 12.2 Å². The zero-order valence-electron chi connectivity index (χ0n) is 11.3. The Morgan fingerprint density at radius 3 is 3.05 bits per heavy atom. The quantitative estimate of drug-likeness (QED) is 0.766. The highest BCUT2D eigenvalue weighted by Gasteiger charge is 2.31. The summed E-state index contributed by atoms with van der Waals surface area (Å²) in [5.74, 6) is -0.170. The van der Waals surface area contributed by atoms with Crippen LogP contribution >= 0.6 is 0 Å². The van der Waals surface area contributed by atoms with E-state index in [-0.39, 0.29) is 18.6 Å². The Balaban J connectivity index is 1.87. The molecule has 0 unspecified atom stereocenters. The van der Waals surface area contributed by atoms with E-state index >= 15 is 0 Å². The summed E-state index contributed by atoms with van der Waals surface area (Å²) >= 11 is 0. The molecule has 19 heavy (non-hydrogen) atoms. The second-order valence-electron chi connectivity index (χ2n) is 4.92. The third-order valence-corrected chi connectivity index (χ3v) is 3.40. The number of carbonyl (C=O) groups excluding carboxylic acids is 1. The van der Waals surface area contributed by atoms with Crippen LogP contribution in [-0.2, 0) is 16.0 Å². The van der Waals surface area contributed by atoms with Gasteiger partial charge in [0.05, 0.1) is 12.1 Å². The van der Waals surface area contributed by atoms with Crippen molar-refractivity contribution in [2.24, 2.45) is 0 Å². The summed E-state index contributed by atoms with van der Waals surface area (Å²) in [7, 11) is 0. The van der Waals surface area contributed by atoms with Gasteiger partial charge in [-0.3, -0.25) is 4.79 Å². The lowest BCUT2D eigenvalue weighted by atomic mass is 10.1. The molecule has 0 aliphatic heterocycles. The van der Waals surface area contributed by atoms with Gasteiger partial charge in [-0.2, -0.15) is 0 Å². The van der Waals surface area contributed by atoms with Gasteiger partial charge in [-0.15, -0.1) is 0 Å². The number of carbonyl (C=O) groups is 1. The molecule has 1 aliphatic carbocycles. The number of fused-ring (bicyclic) bond motifs is 1. The van der Waals surface area contributed by atoms with E-state index in [1.165, 1.54) is 0 Å². The van der Waals surface area contributed by atoms with Crippen molar-refractivity contribution in [1.29, 1.82) is 0 Å². The van der Waals surface area contributed by atoms with Crippen LogP contribution < -0.4 is 5.32 Å². The number of hydrogen-bond acceptors (Lipinski definition) is 3. The zero-order chi connectivity index (χ0) is 13.7. The smallest absolute Gasteiger partial charge is 0.246 e. The standard InChI is InChI=1S/C15H21NO3/c1-2-3-8-19-10-14(18)16-15-12-7-5-4-6-11(12)9-13(15)17/h4-7,13,15,17H,2-3,8-10H2,1H3,(H,16,18)/t13-,15+/m1/s1. The SMILES string of the molecule is CCCCOCC(=O)N[C@H]1c2ccccc2C[C@H]1O. The second-order valence-corrected chi connectivity index (χ2v) is 4.92. The number of amides is 1. The second kappa shape index (κ2) is 6.68. The van der Waals surface area contributed by atoms with Gasteiger partial charge in [-0.25, -0.2) is 0 Å². The first-order valence-electron chi connectivity index (χ1n) is 6.85. The lowest BCUT2D eigenvalue weighted by molar-refractivity contribution is -0.127. The molecule has 1 aromatic rings. The summed E-state index contributed by atoms with van der Waals surface area (Å²) < 4.78 is 5.28. The molecule has 0 saturated carbocycles. The van der Waals surface area contributed by atoms with Gasteiger partial charge in [0.1, 0.15) is 6.61 Å². The van der Waals surface area contributed by atoms with Gasteiger partial charge < -0.3 is 15.2 Å². The Hall–Kier alpha value is -1.39. The Labute approximate surface area is 113 Å². The number of ether oxygens (including phenoxy) is 1. The minimum Gasteiger partial charge on any atom is -0.390 e. The molecule has 2 atom stereocenters. The summed E-state index contributed by atoms with van der Waals surface area (Å²) in [5, 5.41) is 12.9. The molecule has 0 radical (unpaired) electrons. The number of unbranched alkanes of at least 4 members (excludes halogenated alkanes) is 1. The van der Waals surface area contributed by atoms with E-state index in [1.54, 1.807) is 0 Å². The highest BCUT2D eigenvalue weighted by atomic mass is 16.5. The average Bonchev–Trinajstić information content (AvgIpc) is 2.72. The highest BCUT2D eigenvalue weighted by Crippen LogP contribution is 2.30. The van der Waals surface area contributed by atoms with Crippen molar-refractivity contribution >= 4 is 5.91 Å². The first kappa shape index (κ1) is 14.0. The fourth-order valence-electron chi connectivity index (χ4n) is 2.37. The van der Waals surface area contributed by atoms with Crippen molar-refractivity contribution in [2.75, 3.05) is 13.2 Å². The monoisotopic (exact) mass is 263 g/mol. The predicted octanol–water partition coefficient (Wildman–Crippen LogP) is 1.58. The van der Waals surface area contributed by atoms with E-state index < -0.39 is 6.10 Å². The number of aliphatic hydroxyl groups excluding tert-OH is 1. The molecule has 0 fully saturated rings. The summed E-state index contributed by atoms with van der Waals surface area (Å²) in [6, 6.07) is 7.51. The summed E-state index contributed by atoms with van der Waals surface area (Å²) in [5.41, 5.74) is 2.11. The molecule has 104 valence electrons. The number of nitrogens with one attached hydrogen (secondary N) is 1. The third kappa shape index (κ3) is 3.55. The first-order valence-corrected chi connectivity index (χ1v) is 6.85. The molecule has 1 amide bonds. The van der Waals surface area contributed by atoms with Gasteiger partial charge in [-0.05, 0) is 17.5 Å². The van der Waals surface area contributed by atoms with E-state index in [0.29, 0.717) is 13.0 Å². The predicted molar refractivity (Wildman–Crippen MR) is 72.8 cm³/mol. The van der Waals surface area contributed by atoms with Crippen LogP contribution in [0.4, 0.5) is 0 Å². The van der Waals surface area contributed by atoms with Crippen LogP contribution in [-0.4, -0.2) is 30.3 Å². The number of aliphatic hydroxyl groups is 1. The van der Waals surface area contributed by atoms with Crippen molar-refractivity contribution in [1.82, 2.24) is 5.32 Å². The minimum absolute atomic E-state index is 0.0609. The van der Waals surface area contributed by atoms with Gasteiger partial charge in [0.2, 0.25) is 5.91 Å². The van der Waals surface area contributed by atoms with Crippen LogP contribution in [0.25, 0.3) is 0 Å². The average molecular weight is 263 g/mol. The van der Waals surface area contributed by atoms with Crippen molar-refractivity contribution in [3.8, 4) is 0 Å². The fourth-order valence-corrected chi connectivity index (χ4v) is 2.37. The van der Waals surface area contributed by atoms with Crippen LogP contribution in [0.1, 0.15) is 36.9 Å².